The fraction of sp³-hybridized carbons (Fsp3) is 0.0769. The fourth-order valence-corrected chi connectivity index (χ4v) is 1.85. The average molecular weight is 348 g/mol. The minimum atomic E-state index is -5.46. The standard InChI is InChI=1S/C13H2F10/c14-4-1-3(2-5(15)7(4)13(21,22)23)6-8(16)10(18)12(20)11(19)9(6)17/h1-2H. The summed E-state index contributed by atoms with van der Waals surface area (Å²) < 4.78 is 130. The molecule has 0 unspecified atom stereocenters. The molecule has 0 atom stereocenters. The number of benzene rings is 2. The number of alkyl halides is 3. The summed E-state index contributed by atoms with van der Waals surface area (Å²) in [7, 11) is 0. The van der Waals surface area contributed by atoms with Gasteiger partial charge in [0.1, 0.15) is 17.2 Å². The summed E-state index contributed by atoms with van der Waals surface area (Å²) in [5, 5.41) is 0. The lowest BCUT2D eigenvalue weighted by atomic mass is 10.0. The first-order valence-corrected chi connectivity index (χ1v) is 5.54. The molecule has 0 nitrogen and oxygen atoms in total. The molecule has 0 aliphatic rings. The maximum Gasteiger partial charge on any atom is 0.422 e. The highest BCUT2D eigenvalue weighted by molar-refractivity contribution is 5.66. The zero-order valence-corrected chi connectivity index (χ0v) is 10.4. The van der Waals surface area contributed by atoms with Crippen molar-refractivity contribution in [1.29, 1.82) is 0 Å². The Bertz CT molecular complexity index is 738. The van der Waals surface area contributed by atoms with Gasteiger partial charge in [-0.05, 0) is 17.7 Å². The van der Waals surface area contributed by atoms with Gasteiger partial charge in [-0.3, -0.25) is 0 Å². The Morgan fingerprint density at radius 3 is 1.26 bits per heavy atom. The van der Waals surface area contributed by atoms with Crippen LogP contribution in [0.3, 0.4) is 0 Å². The molecular formula is C13H2F10. The van der Waals surface area contributed by atoms with E-state index in [1.54, 1.807) is 0 Å². The Morgan fingerprint density at radius 2 is 0.913 bits per heavy atom. The first kappa shape index (κ1) is 17.1. The van der Waals surface area contributed by atoms with Crippen molar-refractivity contribution in [3.8, 4) is 11.1 Å². The van der Waals surface area contributed by atoms with Crippen LogP contribution < -0.4 is 0 Å². The second kappa shape index (κ2) is 5.43. The predicted molar refractivity (Wildman–Crippen MR) is 56.6 cm³/mol. The molecule has 0 aliphatic carbocycles. The molecule has 0 bridgehead atoms. The van der Waals surface area contributed by atoms with Gasteiger partial charge >= 0.3 is 6.18 Å². The van der Waals surface area contributed by atoms with Crippen LogP contribution in [-0.2, 0) is 6.18 Å². The van der Waals surface area contributed by atoms with Gasteiger partial charge < -0.3 is 0 Å². The van der Waals surface area contributed by atoms with E-state index in [0.29, 0.717) is 0 Å². The van der Waals surface area contributed by atoms with Gasteiger partial charge in [0.2, 0.25) is 5.82 Å². The Balaban J connectivity index is 2.80. The number of hydrogen-bond donors (Lipinski definition) is 0. The summed E-state index contributed by atoms with van der Waals surface area (Å²) in [6.07, 6.45) is -5.46. The van der Waals surface area contributed by atoms with Crippen molar-refractivity contribution in [1.82, 2.24) is 0 Å². The highest BCUT2D eigenvalue weighted by Crippen LogP contribution is 2.38. The van der Waals surface area contributed by atoms with E-state index in [9.17, 15) is 43.9 Å². The molecule has 23 heavy (non-hydrogen) atoms. The molecule has 0 amide bonds. The smallest absolute Gasteiger partial charge is 0.206 e. The Kier molecular flexibility index (Phi) is 4.03. The van der Waals surface area contributed by atoms with E-state index in [0.717, 1.165) is 0 Å². The summed E-state index contributed by atoms with van der Waals surface area (Å²) >= 11 is 0. The molecule has 2 aromatic rings. The van der Waals surface area contributed by atoms with Gasteiger partial charge in [0, 0.05) is 0 Å². The fourth-order valence-electron chi connectivity index (χ4n) is 1.85. The van der Waals surface area contributed by atoms with Crippen LogP contribution in [0.4, 0.5) is 43.9 Å². The summed E-state index contributed by atoms with van der Waals surface area (Å²) in [5.74, 6) is -16.7. The molecule has 0 N–H and O–H groups in total. The topological polar surface area (TPSA) is 0 Å². The SMILES string of the molecule is Fc1cc(-c2c(F)c(F)c(F)c(F)c2F)cc(F)c1C(F)(F)F. The molecule has 0 aliphatic heterocycles. The predicted octanol–water partition coefficient (Wildman–Crippen LogP) is 5.35. The quantitative estimate of drug-likeness (QED) is 0.370. The molecule has 2 rings (SSSR count). The third-order valence-corrected chi connectivity index (χ3v) is 2.82. The molecule has 124 valence electrons. The van der Waals surface area contributed by atoms with Crippen LogP contribution in [0.2, 0.25) is 0 Å². The molecule has 0 saturated heterocycles. The monoisotopic (exact) mass is 348 g/mol. The first-order chi connectivity index (χ1) is 10.5. The Hall–Kier alpha value is -2.26. The first-order valence-electron chi connectivity index (χ1n) is 5.54. The zero-order chi connectivity index (χ0) is 17.7. The number of rotatable bonds is 1. The van der Waals surface area contributed by atoms with Crippen LogP contribution in [0.15, 0.2) is 12.1 Å². The van der Waals surface area contributed by atoms with Crippen LogP contribution in [0, 0.1) is 40.7 Å². The molecule has 0 spiro atoms. The van der Waals surface area contributed by atoms with Gasteiger partial charge in [0.25, 0.3) is 0 Å². The van der Waals surface area contributed by atoms with Crippen LogP contribution >= 0.6 is 0 Å². The second-order valence-electron chi connectivity index (χ2n) is 4.26. The van der Waals surface area contributed by atoms with E-state index in [2.05, 4.69) is 0 Å². The van der Waals surface area contributed by atoms with Crippen molar-refractivity contribution in [2.24, 2.45) is 0 Å². The Morgan fingerprint density at radius 1 is 0.565 bits per heavy atom. The van der Waals surface area contributed by atoms with E-state index < -0.39 is 63.6 Å². The molecule has 2 aromatic carbocycles. The molecule has 0 aromatic heterocycles. The van der Waals surface area contributed by atoms with Crippen molar-refractivity contribution < 1.29 is 43.9 Å². The minimum Gasteiger partial charge on any atom is -0.206 e. The van der Waals surface area contributed by atoms with Gasteiger partial charge in [0.05, 0.1) is 5.56 Å². The second-order valence-corrected chi connectivity index (χ2v) is 4.26. The average Bonchev–Trinajstić information content (AvgIpc) is 2.41. The number of hydrogen-bond acceptors (Lipinski definition) is 0. The summed E-state index contributed by atoms with van der Waals surface area (Å²) in [5.41, 5.74) is -5.38. The number of halogens is 10. The van der Waals surface area contributed by atoms with E-state index in [-0.39, 0.29) is 12.1 Å². The Labute approximate surface area is 121 Å². The molecule has 0 radical (unpaired) electrons. The van der Waals surface area contributed by atoms with E-state index in [4.69, 9.17) is 0 Å². The molecule has 0 fully saturated rings. The lowest BCUT2D eigenvalue weighted by Gasteiger charge is -2.13. The van der Waals surface area contributed by atoms with Gasteiger partial charge in [-0.2, -0.15) is 13.2 Å². The normalized spacial score (nSPS) is 11.9. The summed E-state index contributed by atoms with van der Waals surface area (Å²) in [6.45, 7) is 0. The minimum absolute atomic E-state index is 0.176. The third-order valence-electron chi connectivity index (χ3n) is 2.82. The van der Waals surface area contributed by atoms with Crippen molar-refractivity contribution in [2.45, 2.75) is 6.18 Å². The molecule has 0 saturated carbocycles. The van der Waals surface area contributed by atoms with Crippen LogP contribution in [0.5, 0.6) is 0 Å². The maximum atomic E-state index is 13.5. The lowest BCUT2D eigenvalue weighted by molar-refractivity contribution is -0.142. The van der Waals surface area contributed by atoms with Crippen LogP contribution in [-0.4, -0.2) is 0 Å². The summed E-state index contributed by atoms with van der Waals surface area (Å²) in [6, 6.07) is -0.353. The highest BCUT2D eigenvalue weighted by atomic mass is 19.4. The molecular weight excluding hydrogens is 346 g/mol. The van der Waals surface area contributed by atoms with Crippen LogP contribution in [0.1, 0.15) is 5.56 Å². The van der Waals surface area contributed by atoms with Gasteiger partial charge in [0.15, 0.2) is 23.3 Å². The van der Waals surface area contributed by atoms with Gasteiger partial charge in [-0.25, -0.2) is 30.7 Å². The van der Waals surface area contributed by atoms with E-state index in [1.807, 2.05) is 0 Å². The maximum absolute atomic E-state index is 13.5. The van der Waals surface area contributed by atoms with Crippen molar-refractivity contribution >= 4 is 0 Å². The third kappa shape index (κ3) is 2.73. The van der Waals surface area contributed by atoms with Gasteiger partial charge in [-0.1, -0.05) is 0 Å². The summed E-state index contributed by atoms with van der Waals surface area (Å²) in [4.78, 5) is 0. The highest BCUT2D eigenvalue weighted by Gasteiger charge is 2.38. The molecule has 10 heteroatoms. The van der Waals surface area contributed by atoms with Crippen LogP contribution in [0.25, 0.3) is 11.1 Å². The van der Waals surface area contributed by atoms with Crippen molar-refractivity contribution in [2.75, 3.05) is 0 Å². The van der Waals surface area contributed by atoms with Crippen molar-refractivity contribution in [3.05, 3.63) is 58.4 Å². The van der Waals surface area contributed by atoms with Gasteiger partial charge in [-0.15, -0.1) is 0 Å². The van der Waals surface area contributed by atoms with Crippen molar-refractivity contribution in [3.63, 3.8) is 0 Å². The largest absolute Gasteiger partial charge is 0.422 e. The van der Waals surface area contributed by atoms with E-state index in [1.165, 1.54) is 0 Å². The lowest BCUT2D eigenvalue weighted by Crippen LogP contribution is -2.12. The van der Waals surface area contributed by atoms with E-state index >= 15 is 0 Å². The molecule has 0 heterocycles. The zero-order valence-electron chi connectivity index (χ0n) is 10.4.